The average molecular weight is 520 g/mol. The summed E-state index contributed by atoms with van der Waals surface area (Å²) in [5, 5.41) is 0. The molecule has 2 heteroatoms. The monoisotopic (exact) mass is 520 g/mol. The van der Waals surface area contributed by atoms with E-state index in [-0.39, 0.29) is 5.91 Å². The molecular weight excluding hydrogens is 450 g/mol. The number of carbonyl (C=O) groups excluding carboxylic acids is 1. The molecule has 0 aromatic heterocycles. The predicted molar refractivity (Wildman–Crippen MR) is 167 cm³/mol. The number of unbranched alkanes of at least 4 members (excludes halogenated alkanes) is 27. The highest BCUT2D eigenvalue weighted by Gasteiger charge is 2.04. The largest absolute Gasteiger partial charge is 0.366 e. The summed E-state index contributed by atoms with van der Waals surface area (Å²) in [6.07, 6.45) is 42.6. The summed E-state index contributed by atoms with van der Waals surface area (Å²) < 4.78 is 0. The first-order chi connectivity index (χ1) is 18.2. The van der Waals surface area contributed by atoms with Crippen LogP contribution in [-0.4, -0.2) is 5.91 Å². The first-order valence-corrected chi connectivity index (χ1v) is 17.2. The highest BCUT2D eigenvalue weighted by atomic mass is 16.1. The van der Waals surface area contributed by atoms with Gasteiger partial charge in [0, 0.05) is 5.57 Å². The Morgan fingerprint density at radius 2 is 0.703 bits per heavy atom. The molecule has 0 aliphatic heterocycles. The number of carbonyl (C=O) groups is 1. The molecule has 220 valence electrons. The van der Waals surface area contributed by atoms with Crippen LogP contribution >= 0.6 is 0 Å². The van der Waals surface area contributed by atoms with E-state index < -0.39 is 0 Å². The Kier molecular flexibility index (Phi) is 30.8. The van der Waals surface area contributed by atoms with Crippen molar-refractivity contribution in [2.45, 2.75) is 206 Å². The average Bonchev–Trinajstić information content (AvgIpc) is 2.89. The first-order valence-electron chi connectivity index (χ1n) is 17.2. The molecule has 0 aromatic rings. The number of hydrogen-bond donors (Lipinski definition) is 1. The van der Waals surface area contributed by atoms with Crippen LogP contribution in [-0.2, 0) is 4.79 Å². The summed E-state index contributed by atoms with van der Waals surface area (Å²) in [5.74, 6) is -0.194. The van der Waals surface area contributed by atoms with E-state index in [4.69, 9.17) is 5.73 Å². The topological polar surface area (TPSA) is 43.1 Å². The second-order valence-corrected chi connectivity index (χ2v) is 11.8. The molecule has 0 aliphatic carbocycles. The molecule has 1 amide bonds. The highest BCUT2D eigenvalue weighted by Crippen LogP contribution is 2.17. The van der Waals surface area contributed by atoms with Gasteiger partial charge in [-0.2, -0.15) is 0 Å². The van der Waals surface area contributed by atoms with Crippen molar-refractivity contribution >= 4 is 5.91 Å². The molecule has 0 atom stereocenters. The van der Waals surface area contributed by atoms with Crippen molar-refractivity contribution < 1.29 is 4.79 Å². The molecule has 0 spiro atoms. The number of nitrogens with two attached hydrogens (primary N) is 1. The van der Waals surface area contributed by atoms with Crippen molar-refractivity contribution in [2.24, 2.45) is 5.73 Å². The van der Waals surface area contributed by atoms with Crippen molar-refractivity contribution in [3.63, 3.8) is 0 Å². The third-order valence-electron chi connectivity index (χ3n) is 8.06. The van der Waals surface area contributed by atoms with Crippen LogP contribution in [0.25, 0.3) is 0 Å². The fourth-order valence-corrected chi connectivity index (χ4v) is 5.45. The first kappa shape index (κ1) is 36.2. The van der Waals surface area contributed by atoms with Crippen LogP contribution in [0.4, 0.5) is 0 Å². The van der Waals surface area contributed by atoms with Gasteiger partial charge in [-0.15, -0.1) is 0 Å². The van der Waals surface area contributed by atoms with E-state index in [1.807, 2.05) is 0 Å². The molecule has 0 aromatic carbocycles. The molecule has 2 nitrogen and oxygen atoms in total. The second kappa shape index (κ2) is 31.4. The molecule has 0 rings (SSSR count). The molecule has 0 bridgehead atoms. The van der Waals surface area contributed by atoms with Crippen molar-refractivity contribution in [3.8, 4) is 0 Å². The summed E-state index contributed by atoms with van der Waals surface area (Å²) in [5.41, 5.74) is 6.53. The molecule has 0 saturated carbocycles. The molecule has 0 fully saturated rings. The van der Waals surface area contributed by atoms with Gasteiger partial charge in [-0.3, -0.25) is 4.79 Å². The standard InChI is InChI=1S/C35H69NO/c1-3-5-7-9-11-13-15-17-19-21-23-25-27-29-31-33-34(35(36)37)32-30-28-26-24-22-20-18-16-14-12-10-8-6-4-2/h33H,3-32H2,1-2H3,(H2,36,37). The Morgan fingerprint density at radius 1 is 0.432 bits per heavy atom. The molecule has 0 unspecified atom stereocenters. The van der Waals surface area contributed by atoms with E-state index in [1.165, 1.54) is 173 Å². The van der Waals surface area contributed by atoms with Crippen molar-refractivity contribution in [3.05, 3.63) is 11.6 Å². The van der Waals surface area contributed by atoms with Gasteiger partial charge in [0.1, 0.15) is 0 Å². The third kappa shape index (κ3) is 29.6. The smallest absolute Gasteiger partial charge is 0.244 e. The Labute approximate surface area is 234 Å². The lowest BCUT2D eigenvalue weighted by Gasteiger charge is -2.05. The summed E-state index contributed by atoms with van der Waals surface area (Å²) in [6, 6.07) is 0. The van der Waals surface area contributed by atoms with Gasteiger partial charge in [0.05, 0.1) is 0 Å². The van der Waals surface area contributed by atoms with E-state index in [0.29, 0.717) is 0 Å². The van der Waals surface area contributed by atoms with Gasteiger partial charge in [0.15, 0.2) is 0 Å². The van der Waals surface area contributed by atoms with Crippen molar-refractivity contribution in [2.75, 3.05) is 0 Å². The minimum Gasteiger partial charge on any atom is -0.366 e. The van der Waals surface area contributed by atoms with E-state index >= 15 is 0 Å². The van der Waals surface area contributed by atoms with Crippen molar-refractivity contribution in [1.29, 1.82) is 0 Å². The van der Waals surface area contributed by atoms with Crippen LogP contribution < -0.4 is 5.73 Å². The number of rotatable bonds is 31. The lowest BCUT2D eigenvalue weighted by molar-refractivity contribution is -0.114. The summed E-state index contributed by atoms with van der Waals surface area (Å²) >= 11 is 0. The molecular formula is C35H69NO. The number of hydrogen-bond acceptors (Lipinski definition) is 1. The summed E-state index contributed by atoms with van der Waals surface area (Å²) in [6.45, 7) is 4.58. The van der Waals surface area contributed by atoms with E-state index in [2.05, 4.69) is 19.9 Å². The van der Waals surface area contributed by atoms with E-state index in [0.717, 1.165) is 24.8 Å². The number of allylic oxidation sites excluding steroid dienone is 1. The van der Waals surface area contributed by atoms with Crippen LogP contribution in [0, 0.1) is 0 Å². The van der Waals surface area contributed by atoms with Gasteiger partial charge in [-0.25, -0.2) is 0 Å². The SMILES string of the molecule is CCCCCCCCCCCCCCCCC=C(CCCCCCCCCCCCCCCC)C(N)=O. The quantitative estimate of drug-likeness (QED) is 0.0718. The maximum Gasteiger partial charge on any atom is 0.244 e. The minimum absolute atomic E-state index is 0.194. The van der Waals surface area contributed by atoms with Crippen LogP contribution in [0.5, 0.6) is 0 Å². The number of primary amides is 1. The maximum atomic E-state index is 11.8. The number of amides is 1. The zero-order chi connectivity index (χ0) is 27.1. The Bertz CT molecular complexity index is 484. The summed E-state index contributed by atoms with van der Waals surface area (Å²) in [7, 11) is 0. The molecule has 37 heavy (non-hydrogen) atoms. The second-order valence-electron chi connectivity index (χ2n) is 11.8. The van der Waals surface area contributed by atoms with E-state index in [9.17, 15) is 4.79 Å². The van der Waals surface area contributed by atoms with Gasteiger partial charge in [-0.05, 0) is 25.7 Å². The Hall–Kier alpha value is -0.790. The Balaban J connectivity index is 3.47. The summed E-state index contributed by atoms with van der Waals surface area (Å²) in [4.78, 5) is 11.8. The van der Waals surface area contributed by atoms with Gasteiger partial charge >= 0.3 is 0 Å². The lowest BCUT2D eigenvalue weighted by Crippen LogP contribution is -2.14. The maximum absolute atomic E-state index is 11.8. The van der Waals surface area contributed by atoms with Gasteiger partial charge < -0.3 is 5.73 Å². The molecule has 0 heterocycles. The molecule has 0 aliphatic rings. The van der Waals surface area contributed by atoms with Crippen LogP contribution in [0.3, 0.4) is 0 Å². The molecule has 0 radical (unpaired) electrons. The fourth-order valence-electron chi connectivity index (χ4n) is 5.45. The predicted octanol–water partition coefficient (Wildman–Crippen LogP) is 12.1. The van der Waals surface area contributed by atoms with Crippen LogP contribution in [0.15, 0.2) is 11.6 Å². The molecule has 0 saturated heterocycles. The lowest BCUT2D eigenvalue weighted by atomic mass is 10.0. The van der Waals surface area contributed by atoms with Gasteiger partial charge in [-0.1, -0.05) is 187 Å². The van der Waals surface area contributed by atoms with Crippen LogP contribution in [0.1, 0.15) is 206 Å². The zero-order valence-electron chi connectivity index (χ0n) is 25.8. The highest BCUT2D eigenvalue weighted by molar-refractivity contribution is 5.91. The van der Waals surface area contributed by atoms with Gasteiger partial charge in [0.25, 0.3) is 0 Å². The fraction of sp³-hybridized carbons (Fsp3) is 0.914. The van der Waals surface area contributed by atoms with E-state index in [1.54, 1.807) is 0 Å². The minimum atomic E-state index is -0.194. The zero-order valence-corrected chi connectivity index (χ0v) is 25.8. The van der Waals surface area contributed by atoms with Crippen molar-refractivity contribution in [1.82, 2.24) is 0 Å². The van der Waals surface area contributed by atoms with Crippen LogP contribution in [0.2, 0.25) is 0 Å². The third-order valence-corrected chi connectivity index (χ3v) is 8.06. The molecule has 2 N–H and O–H groups in total. The van der Waals surface area contributed by atoms with Gasteiger partial charge in [0.2, 0.25) is 5.91 Å². The normalized spacial score (nSPS) is 11.9. The Morgan fingerprint density at radius 3 is 1.00 bits per heavy atom.